The Labute approximate surface area is 183 Å². The summed E-state index contributed by atoms with van der Waals surface area (Å²) < 4.78 is 32.9. The Balaban J connectivity index is 1.66. The van der Waals surface area contributed by atoms with E-state index in [0.717, 1.165) is 22.1 Å². The average Bonchev–Trinajstić information content (AvgIpc) is 3.15. The van der Waals surface area contributed by atoms with Crippen LogP contribution in [0.15, 0.2) is 46.9 Å². The number of nitrogens with zero attached hydrogens (tertiary/aromatic N) is 1. The van der Waals surface area contributed by atoms with Crippen molar-refractivity contribution >= 4 is 28.7 Å². The minimum absolute atomic E-state index is 0.0264. The molecule has 8 heteroatoms. The van der Waals surface area contributed by atoms with E-state index in [-0.39, 0.29) is 25.4 Å². The van der Waals surface area contributed by atoms with Gasteiger partial charge < -0.3 is 14.8 Å². The third-order valence-electron chi connectivity index (χ3n) is 5.83. The van der Waals surface area contributed by atoms with E-state index in [1.807, 2.05) is 43.3 Å². The maximum Gasteiger partial charge on any atom is 0.405 e. The Morgan fingerprint density at radius 1 is 1.26 bits per heavy atom. The van der Waals surface area contributed by atoms with Gasteiger partial charge >= 0.3 is 6.09 Å². The number of carbonyl (C=O) groups is 1. The number of amides is 1. The molecule has 1 amide bonds. The topological polar surface area (TPSA) is 65.7 Å². The lowest BCUT2D eigenvalue weighted by atomic mass is 9.93. The largest absolute Gasteiger partial charge is 0.465 e. The zero-order chi connectivity index (χ0) is 22.2. The van der Waals surface area contributed by atoms with Crippen molar-refractivity contribution in [2.45, 2.75) is 38.3 Å². The van der Waals surface area contributed by atoms with E-state index in [1.54, 1.807) is 6.07 Å². The van der Waals surface area contributed by atoms with Crippen LogP contribution in [0.2, 0.25) is 5.02 Å². The lowest BCUT2D eigenvalue weighted by Gasteiger charge is -2.36. The van der Waals surface area contributed by atoms with Gasteiger partial charge in [-0.25, -0.2) is 13.6 Å². The Hall–Kier alpha value is -2.64. The third kappa shape index (κ3) is 4.67. The second kappa shape index (κ2) is 8.48. The number of carboxylic acid groups (broad SMARTS) is 1. The number of nitrogens with one attached hydrogen (secondary N) is 1. The quantitative estimate of drug-likeness (QED) is 0.479. The van der Waals surface area contributed by atoms with Gasteiger partial charge in [0.05, 0.1) is 11.6 Å². The van der Waals surface area contributed by atoms with E-state index in [0.29, 0.717) is 29.5 Å². The summed E-state index contributed by atoms with van der Waals surface area (Å²) in [6, 6.07) is 13.4. The van der Waals surface area contributed by atoms with E-state index >= 15 is 0 Å². The molecular weight excluding hydrogens is 426 g/mol. The number of hydrogen-bond acceptors (Lipinski definition) is 3. The minimum atomic E-state index is -2.58. The first-order chi connectivity index (χ1) is 14.7. The molecule has 2 heterocycles. The number of benzene rings is 2. The zero-order valence-corrected chi connectivity index (χ0v) is 17.8. The molecule has 0 bridgehead atoms. The molecule has 0 aliphatic carbocycles. The molecule has 5 nitrogen and oxygen atoms in total. The van der Waals surface area contributed by atoms with Crippen molar-refractivity contribution in [2.24, 2.45) is 0 Å². The molecule has 4 rings (SSSR count). The summed E-state index contributed by atoms with van der Waals surface area (Å²) in [5, 5.41) is 12.3. The number of halogens is 3. The summed E-state index contributed by atoms with van der Waals surface area (Å²) >= 11 is 6.48. The van der Waals surface area contributed by atoms with Crippen LogP contribution in [0.5, 0.6) is 0 Å². The molecule has 1 saturated heterocycles. The molecule has 1 aliphatic heterocycles. The monoisotopic (exact) mass is 448 g/mol. The van der Waals surface area contributed by atoms with Crippen LogP contribution in [-0.4, -0.2) is 35.1 Å². The number of rotatable bonds is 5. The number of hydrogen-bond donors (Lipinski definition) is 2. The molecular formula is C23H23ClF2N2O3. The van der Waals surface area contributed by atoms with E-state index in [4.69, 9.17) is 21.1 Å². The van der Waals surface area contributed by atoms with Crippen molar-refractivity contribution < 1.29 is 23.1 Å². The maximum atomic E-state index is 13.6. The molecule has 164 valence electrons. The molecule has 31 heavy (non-hydrogen) atoms. The predicted molar refractivity (Wildman–Crippen MR) is 116 cm³/mol. The molecule has 0 spiro atoms. The number of piperidine rings is 1. The fraction of sp³-hybridized carbons (Fsp3) is 0.348. The van der Waals surface area contributed by atoms with Gasteiger partial charge in [-0.1, -0.05) is 35.9 Å². The van der Waals surface area contributed by atoms with Crippen LogP contribution in [0, 0.1) is 0 Å². The summed E-state index contributed by atoms with van der Waals surface area (Å²) in [6.45, 7) is 2.78. The average molecular weight is 449 g/mol. The van der Waals surface area contributed by atoms with E-state index in [1.165, 1.54) is 0 Å². The van der Waals surface area contributed by atoms with Crippen LogP contribution < -0.4 is 5.32 Å². The van der Waals surface area contributed by atoms with Crippen molar-refractivity contribution in [3.63, 3.8) is 0 Å². The van der Waals surface area contributed by atoms with E-state index in [9.17, 15) is 13.6 Å². The molecule has 0 saturated carbocycles. The first-order valence-corrected chi connectivity index (χ1v) is 10.5. The number of likely N-dealkylation sites (tertiary alicyclic amines) is 1. The van der Waals surface area contributed by atoms with Crippen LogP contribution in [0.1, 0.15) is 37.1 Å². The highest BCUT2D eigenvalue weighted by molar-refractivity contribution is 6.35. The second-order valence-corrected chi connectivity index (χ2v) is 8.31. The van der Waals surface area contributed by atoms with Gasteiger partial charge in [-0.15, -0.1) is 0 Å². The van der Waals surface area contributed by atoms with Crippen LogP contribution in [0.3, 0.4) is 0 Å². The van der Waals surface area contributed by atoms with Crippen molar-refractivity contribution in [3.8, 4) is 11.1 Å². The SMILES string of the molecule is CC(c1ccccc1-c1cc(Cl)c2oc(CNC(=O)O)cc2c1)N1CCC(F)(F)CC1. The molecule has 1 atom stereocenters. The highest BCUT2D eigenvalue weighted by Gasteiger charge is 2.35. The number of fused-ring (bicyclic) bond motifs is 1. The summed E-state index contributed by atoms with van der Waals surface area (Å²) in [4.78, 5) is 12.8. The van der Waals surface area contributed by atoms with Crippen LogP contribution in [0.25, 0.3) is 22.1 Å². The lowest BCUT2D eigenvalue weighted by Crippen LogP contribution is -2.40. The van der Waals surface area contributed by atoms with Crippen molar-refractivity contribution in [1.82, 2.24) is 10.2 Å². The standard InChI is InChI=1S/C23H23ClF2N2O3/c1-14(28-8-6-23(25,26)7-9-28)18-4-2-3-5-19(18)15-10-16-11-17(13-27-22(29)30)31-21(16)20(24)12-15/h2-5,10-12,14,27H,6-9,13H2,1H3,(H,29,30). The smallest absolute Gasteiger partial charge is 0.405 e. The minimum Gasteiger partial charge on any atom is -0.465 e. The molecule has 1 aliphatic rings. The van der Waals surface area contributed by atoms with Gasteiger partial charge in [-0.05, 0) is 41.8 Å². The summed E-state index contributed by atoms with van der Waals surface area (Å²) in [5.41, 5.74) is 3.40. The fourth-order valence-electron chi connectivity index (χ4n) is 4.13. The van der Waals surface area contributed by atoms with Gasteiger partial charge in [0.1, 0.15) is 5.76 Å². The van der Waals surface area contributed by atoms with Gasteiger partial charge in [-0.2, -0.15) is 0 Å². The zero-order valence-electron chi connectivity index (χ0n) is 17.0. The van der Waals surface area contributed by atoms with E-state index < -0.39 is 12.0 Å². The molecule has 1 unspecified atom stereocenters. The molecule has 1 fully saturated rings. The Bertz CT molecular complexity index is 1110. The summed E-state index contributed by atoms with van der Waals surface area (Å²) in [6.07, 6.45) is -1.38. The highest BCUT2D eigenvalue weighted by Crippen LogP contribution is 2.38. The van der Waals surface area contributed by atoms with Gasteiger partial charge in [-0.3, -0.25) is 4.90 Å². The Morgan fingerprint density at radius 3 is 2.68 bits per heavy atom. The fourth-order valence-corrected chi connectivity index (χ4v) is 4.39. The van der Waals surface area contributed by atoms with Crippen molar-refractivity contribution in [2.75, 3.05) is 13.1 Å². The first kappa shape index (κ1) is 21.6. The second-order valence-electron chi connectivity index (χ2n) is 7.90. The highest BCUT2D eigenvalue weighted by atomic mass is 35.5. The Morgan fingerprint density at radius 2 is 1.97 bits per heavy atom. The lowest BCUT2D eigenvalue weighted by molar-refractivity contribution is -0.0619. The first-order valence-electron chi connectivity index (χ1n) is 10.1. The molecule has 3 aromatic rings. The maximum absolute atomic E-state index is 13.6. The van der Waals surface area contributed by atoms with Gasteiger partial charge in [0.15, 0.2) is 5.58 Å². The van der Waals surface area contributed by atoms with Crippen molar-refractivity contribution in [3.05, 3.63) is 58.8 Å². The normalized spacial score (nSPS) is 17.5. The molecule has 0 radical (unpaired) electrons. The van der Waals surface area contributed by atoms with Crippen LogP contribution >= 0.6 is 11.6 Å². The van der Waals surface area contributed by atoms with E-state index in [2.05, 4.69) is 10.2 Å². The molecule has 2 N–H and O–H groups in total. The van der Waals surface area contributed by atoms with Gasteiger partial charge in [0.2, 0.25) is 0 Å². The predicted octanol–water partition coefficient (Wildman–Crippen LogP) is 6.31. The van der Waals surface area contributed by atoms with Crippen molar-refractivity contribution in [1.29, 1.82) is 0 Å². The van der Waals surface area contributed by atoms with Gasteiger partial charge in [0.25, 0.3) is 5.92 Å². The summed E-state index contributed by atoms with van der Waals surface area (Å²) in [5.74, 6) is -2.12. The van der Waals surface area contributed by atoms with Crippen LogP contribution in [0.4, 0.5) is 13.6 Å². The number of furan rings is 1. The third-order valence-corrected chi connectivity index (χ3v) is 6.12. The summed E-state index contributed by atoms with van der Waals surface area (Å²) in [7, 11) is 0. The number of alkyl halides is 2. The van der Waals surface area contributed by atoms with Gasteiger partial charge in [0, 0.05) is 37.4 Å². The molecule has 1 aromatic heterocycles. The molecule has 2 aromatic carbocycles. The van der Waals surface area contributed by atoms with Crippen LogP contribution in [-0.2, 0) is 6.54 Å². The Kier molecular flexibility index (Phi) is 5.90.